The van der Waals surface area contributed by atoms with Gasteiger partial charge in [0.05, 0.1) is 17.2 Å². The molecule has 3 N–H and O–H groups in total. The number of benzene rings is 6. The lowest BCUT2D eigenvalue weighted by atomic mass is 9.80. The normalized spacial score (nSPS) is 15.7. The molecule has 1 atom stereocenters. The standard InChI is InChI=1S/C23H23NO3.C23H21NO3.C15H14BrNO2.C8H9BO3/c2*1-14(25)15-6-8-16(9-7-15)20-13-18-12-17-4-2-10-24-11-3-5-19(21(17)24)22(18)27-23(20)26;16-12-8-10-7-9-3-1-5-17-6-2-4-11(13(9)17)14(10)19-15(12)18;1-6(10)7-2-4-8(5-3-7)9(11)12/h6-9,12-14,25H,2-5,10-11H2,1H3;6-9,12-13H,2-5,10-11H2,1H3;7-8H,1-6H2;2-5,11-12H,1H3. The molecule has 16 heteroatoms. The first-order valence-electron chi connectivity index (χ1n) is 29.7. The maximum Gasteiger partial charge on any atom is 0.488 e. The van der Waals surface area contributed by atoms with Crippen molar-refractivity contribution in [1.29, 1.82) is 0 Å². The van der Waals surface area contributed by atoms with Crippen LogP contribution in [-0.4, -0.2) is 73.1 Å². The van der Waals surface area contributed by atoms with Gasteiger partial charge in [-0.1, -0.05) is 72.8 Å². The zero-order chi connectivity index (χ0) is 59.2. The second-order valence-corrected chi connectivity index (χ2v) is 24.0. The Hall–Kier alpha value is -7.89. The molecule has 0 radical (unpaired) electrons. The van der Waals surface area contributed by atoms with Crippen molar-refractivity contribution >= 4 is 90.0 Å². The van der Waals surface area contributed by atoms with Crippen LogP contribution in [0, 0.1) is 0 Å². The van der Waals surface area contributed by atoms with E-state index in [2.05, 4.69) is 48.8 Å². The number of hydrogen-bond donors (Lipinski definition) is 3. The fourth-order valence-corrected chi connectivity index (χ4v) is 13.8. The molecule has 15 rings (SSSR count). The van der Waals surface area contributed by atoms with Crippen molar-refractivity contribution in [2.45, 2.75) is 104 Å². The number of rotatable bonds is 6. The third-order valence-corrected chi connectivity index (χ3v) is 18.1. The number of fused-ring (bicyclic) bond motifs is 6. The molecule has 0 bridgehead atoms. The lowest BCUT2D eigenvalue weighted by molar-refractivity contribution is 0.100. The van der Waals surface area contributed by atoms with Gasteiger partial charge in [-0.3, -0.25) is 9.59 Å². The summed E-state index contributed by atoms with van der Waals surface area (Å²) in [6.45, 7) is 11.4. The number of carbonyl (C=O) groups excluding carboxylic acids is 2. The first kappa shape index (κ1) is 57.5. The topological polar surface area (TPSA) is 195 Å². The first-order chi connectivity index (χ1) is 41.1. The maximum atomic E-state index is 12.8. The molecule has 0 saturated heterocycles. The second kappa shape index (κ2) is 24.2. The summed E-state index contributed by atoms with van der Waals surface area (Å²) in [5.41, 5.74) is 18.3. The van der Waals surface area contributed by atoms with Crippen LogP contribution in [0.15, 0.2) is 141 Å². The minimum Gasteiger partial charge on any atom is -0.423 e. The number of aliphatic hydroxyl groups is 1. The molecular weight excluding hydrogens is 1140 g/mol. The van der Waals surface area contributed by atoms with Gasteiger partial charge in [-0.05, 0) is 189 Å². The van der Waals surface area contributed by atoms with E-state index in [1.54, 1.807) is 31.2 Å². The van der Waals surface area contributed by atoms with Crippen LogP contribution in [0.5, 0.6) is 0 Å². The van der Waals surface area contributed by atoms with Crippen LogP contribution in [0.4, 0.5) is 17.1 Å². The second-order valence-electron chi connectivity index (χ2n) is 23.2. The van der Waals surface area contributed by atoms with Gasteiger partial charge in [0.25, 0.3) is 0 Å². The minimum atomic E-state index is -1.47. The van der Waals surface area contributed by atoms with Crippen molar-refractivity contribution in [3.8, 4) is 22.3 Å². The van der Waals surface area contributed by atoms with Crippen molar-refractivity contribution in [2.24, 2.45) is 0 Å². The van der Waals surface area contributed by atoms with Gasteiger partial charge in [0.1, 0.15) is 21.2 Å². The zero-order valence-electron chi connectivity index (χ0n) is 48.1. The number of nitrogens with zero attached hydrogens (tertiary/aromatic N) is 3. The molecule has 1 unspecified atom stereocenters. The summed E-state index contributed by atoms with van der Waals surface area (Å²) in [4.78, 5) is 66.9. The Bertz CT molecular complexity index is 4260. The Balaban J connectivity index is 0.000000116. The third kappa shape index (κ3) is 11.6. The van der Waals surface area contributed by atoms with Crippen LogP contribution in [0.3, 0.4) is 0 Å². The first-order valence-corrected chi connectivity index (χ1v) is 30.5. The van der Waals surface area contributed by atoms with Gasteiger partial charge in [0.15, 0.2) is 11.6 Å². The molecule has 9 heterocycles. The maximum absolute atomic E-state index is 12.8. The molecule has 434 valence electrons. The van der Waals surface area contributed by atoms with Crippen molar-refractivity contribution in [1.82, 2.24) is 0 Å². The molecule has 6 aliphatic heterocycles. The van der Waals surface area contributed by atoms with Crippen LogP contribution in [-0.2, 0) is 38.5 Å². The van der Waals surface area contributed by atoms with E-state index in [4.69, 9.17) is 23.3 Å². The largest absolute Gasteiger partial charge is 0.488 e. The monoisotopic (exact) mass is 1200 g/mol. The highest BCUT2D eigenvalue weighted by molar-refractivity contribution is 9.10. The SMILES string of the molecule is CC(=O)c1ccc(-c2cc3cc4c5c(c3oc2=O)CCCN5CCC4)cc1.CC(=O)c1ccc(B(O)O)cc1.CC(O)c1ccc(-c2cc3cc4c5c(c3oc2=O)CCCN5CCC4)cc1.O=c1oc2c3c4c(cc2cc1Br)CCCN4CCC3. The molecule has 6 aromatic carbocycles. The fourth-order valence-electron chi connectivity index (χ4n) is 13.4. The van der Waals surface area contributed by atoms with Crippen molar-refractivity contribution in [3.63, 3.8) is 0 Å². The number of aliphatic hydroxyl groups excluding tert-OH is 1. The summed E-state index contributed by atoms with van der Waals surface area (Å²) in [6.07, 6.45) is 12.7. The number of Topliss-reactive ketones (excluding diaryl/α,β-unsaturated/α-hetero) is 2. The van der Waals surface area contributed by atoms with Gasteiger partial charge >= 0.3 is 24.0 Å². The molecule has 0 fully saturated rings. The minimum absolute atomic E-state index is 0.0161. The summed E-state index contributed by atoms with van der Waals surface area (Å²) < 4.78 is 17.8. The van der Waals surface area contributed by atoms with E-state index >= 15 is 0 Å². The Morgan fingerprint density at radius 1 is 0.482 bits per heavy atom. The summed E-state index contributed by atoms with van der Waals surface area (Å²) >= 11 is 3.27. The third-order valence-electron chi connectivity index (χ3n) is 17.5. The van der Waals surface area contributed by atoms with Crippen LogP contribution >= 0.6 is 15.9 Å². The van der Waals surface area contributed by atoms with Gasteiger partial charge < -0.3 is 43.1 Å². The number of carbonyl (C=O) groups is 2. The number of ketones is 2. The van der Waals surface area contributed by atoms with Crippen molar-refractivity contribution < 1.29 is 38.0 Å². The molecular formula is C69H67BBrN3O11. The number of hydrogen-bond acceptors (Lipinski definition) is 14. The van der Waals surface area contributed by atoms with Crippen molar-refractivity contribution in [3.05, 3.63) is 195 Å². The molecule has 9 aromatic rings. The molecule has 0 amide bonds. The van der Waals surface area contributed by atoms with Gasteiger partial charge in [0.2, 0.25) is 0 Å². The molecule has 3 aromatic heterocycles. The number of anilines is 3. The fraction of sp³-hybridized carbons (Fsp3) is 0.319. The van der Waals surface area contributed by atoms with E-state index in [0.717, 1.165) is 147 Å². The van der Waals surface area contributed by atoms with E-state index < -0.39 is 13.2 Å². The number of halogens is 1. The van der Waals surface area contributed by atoms with E-state index in [-0.39, 0.29) is 28.4 Å². The molecule has 0 aliphatic carbocycles. The van der Waals surface area contributed by atoms with Gasteiger partial charge in [-0.2, -0.15) is 0 Å². The summed E-state index contributed by atoms with van der Waals surface area (Å²) in [7, 11) is -1.47. The molecule has 6 aliphatic rings. The predicted octanol–water partition coefficient (Wildman–Crippen LogP) is 11.4. The molecule has 14 nitrogen and oxygen atoms in total. The van der Waals surface area contributed by atoms with Crippen LogP contribution in [0.1, 0.15) is 125 Å². The Morgan fingerprint density at radius 3 is 1.19 bits per heavy atom. The van der Waals surface area contributed by atoms with Crippen molar-refractivity contribution in [2.75, 3.05) is 54.0 Å². The smallest absolute Gasteiger partial charge is 0.423 e. The molecule has 85 heavy (non-hydrogen) atoms. The Kier molecular flexibility index (Phi) is 16.4. The van der Waals surface area contributed by atoms with Gasteiger partial charge in [-0.15, -0.1) is 0 Å². The average Bonchev–Trinajstić information content (AvgIpc) is 1.25. The molecule has 0 spiro atoms. The van der Waals surface area contributed by atoms with E-state index in [9.17, 15) is 29.1 Å². The summed E-state index contributed by atoms with van der Waals surface area (Å²) in [5, 5.41) is 30.2. The average molecular weight is 1210 g/mol. The highest BCUT2D eigenvalue weighted by Gasteiger charge is 2.30. The van der Waals surface area contributed by atoms with Crippen LogP contribution in [0.25, 0.3) is 55.2 Å². The summed E-state index contributed by atoms with van der Waals surface area (Å²) in [6, 6.07) is 33.2. The van der Waals surface area contributed by atoms with Gasteiger partial charge in [0, 0.05) is 100 Å². The Labute approximate surface area is 500 Å². The van der Waals surface area contributed by atoms with E-state index in [1.807, 2.05) is 54.6 Å². The highest BCUT2D eigenvalue weighted by atomic mass is 79.9. The van der Waals surface area contributed by atoms with Gasteiger partial charge in [-0.25, -0.2) is 14.4 Å². The van der Waals surface area contributed by atoms with Crippen LogP contribution in [0.2, 0.25) is 0 Å². The number of aryl methyl sites for hydroxylation is 6. The Morgan fingerprint density at radius 2 is 0.824 bits per heavy atom. The summed E-state index contributed by atoms with van der Waals surface area (Å²) in [5.74, 6) is -0.0173. The lowest BCUT2D eigenvalue weighted by Gasteiger charge is -2.37. The van der Waals surface area contributed by atoms with E-state index in [1.165, 1.54) is 95.7 Å². The molecule has 0 saturated carbocycles. The lowest BCUT2D eigenvalue weighted by Crippen LogP contribution is -2.34. The quantitative estimate of drug-likeness (QED) is 0.0808. The van der Waals surface area contributed by atoms with E-state index in [0.29, 0.717) is 32.2 Å². The predicted molar refractivity (Wildman–Crippen MR) is 339 cm³/mol. The highest BCUT2D eigenvalue weighted by Crippen LogP contribution is 2.43. The zero-order valence-corrected chi connectivity index (χ0v) is 49.7. The van der Waals surface area contributed by atoms with Crippen LogP contribution < -0.4 is 37.0 Å².